The Kier molecular flexibility index (Phi) is 13.2. The summed E-state index contributed by atoms with van der Waals surface area (Å²) in [5, 5.41) is 6.74. The fourth-order valence-corrected chi connectivity index (χ4v) is 3.53. The van der Waals surface area contributed by atoms with Crippen LogP contribution in [0.2, 0.25) is 0 Å². The van der Waals surface area contributed by atoms with Crippen molar-refractivity contribution in [2.75, 3.05) is 58.5 Å². The highest BCUT2D eigenvalue weighted by molar-refractivity contribution is 14.0. The van der Waals surface area contributed by atoms with Gasteiger partial charge >= 0.3 is 0 Å². The molecule has 1 aliphatic rings. The van der Waals surface area contributed by atoms with Crippen molar-refractivity contribution in [1.29, 1.82) is 0 Å². The quantitative estimate of drug-likeness (QED) is 0.184. The van der Waals surface area contributed by atoms with Crippen LogP contribution in [0, 0.1) is 0 Å². The first-order valence-corrected chi connectivity index (χ1v) is 11.4. The number of methoxy groups -OCH3 is 1. The van der Waals surface area contributed by atoms with Crippen molar-refractivity contribution in [1.82, 2.24) is 10.2 Å². The van der Waals surface area contributed by atoms with Gasteiger partial charge in [-0.05, 0) is 30.2 Å². The molecule has 33 heavy (non-hydrogen) atoms. The van der Waals surface area contributed by atoms with E-state index in [1.165, 1.54) is 11.1 Å². The van der Waals surface area contributed by atoms with Crippen LogP contribution < -0.4 is 15.4 Å². The average Bonchev–Trinajstić information content (AvgIpc) is 2.82. The molecule has 182 valence electrons. The lowest BCUT2D eigenvalue weighted by Gasteiger charge is -2.27. The van der Waals surface area contributed by atoms with Crippen LogP contribution in [0.25, 0.3) is 0 Å². The number of nitrogens with zero attached hydrogens (tertiary/aromatic N) is 2. The van der Waals surface area contributed by atoms with E-state index in [4.69, 9.17) is 19.2 Å². The highest BCUT2D eigenvalue weighted by Crippen LogP contribution is 2.18. The number of ether oxygens (including phenoxy) is 3. The minimum atomic E-state index is 0. The van der Waals surface area contributed by atoms with Gasteiger partial charge < -0.3 is 24.8 Å². The zero-order chi connectivity index (χ0) is 22.4. The minimum absolute atomic E-state index is 0. The third-order valence-corrected chi connectivity index (χ3v) is 5.23. The van der Waals surface area contributed by atoms with Gasteiger partial charge in [0.25, 0.3) is 0 Å². The first-order valence-electron chi connectivity index (χ1n) is 11.4. The number of anilines is 1. The molecule has 2 N–H and O–H groups in total. The minimum Gasteiger partial charge on any atom is -0.493 e. The fraction of sp³-hybridized carbons (Fsp3) is 0.480. The van der Waals surface area contributed by atoms with Gasteiger partial charge in [-0.2, -0.15) is 0 Å². The van der Waals surface area contributed by atoms with Gasteiger partial charge in [0.05, 0.1) is 26.4 Å². The van der Waals surface area contributed by atoms with Gasteiger partial charge in [-0.3, -0.25) is 4.90 Å². The van der Waals surface area contributed by atoms with Gasteiger partial charge in [-0.15, -0.1) is 24.0 Å². The number of morpholine rings is 1. The van der Waals surface area contributed by atoms with E-state index in [0.29, 0.717) is 19.8 Å². The number of hydrogen-bond acceptors (Lipinski definition) is 5. The molecule has 1 heterocycles. The summed E-state index contributed by atoms with van der Waals surface area (Å²) in [4.78, 5) is 7.28. The van der Waals surface area contributed by atoms with Crippen molar-refractivity contribution in [2.45, 2.75) is 26.4 Å². The Hall–Kier alpha value is -1.88. The van der Waals surface area contributed by atoms with E-state index in [1.807, 2.05) is 24.3 Å². The van der Waals surface area contributed by atoms with Crippen LogP contribution in [0.5, 0.6) is 5.75 Å². The molecular formula is C25H37IN4O3. The lowest BCUT2D eigenvalue weighted by Crippen LogP contribution is -2.35. The summed E-state index contributed by atoms with van der Waals surface area (Å²) in [7, 11) is 1.70. The second-order valence-corrected chi connectivity index (χ2v) is 7.70. The largest absolute Gasteiger partial charge is 0.493 e. The average molecular weight is 569 g/mol. The molecule has 7 nitrogen and oxygen atoms in total. The van der Waals surface area contributed by atoms with Crippen LogP contribution in [0.15, 0.2) is 53.5 Å². The fourth-order valence-electron chi connectivity index (χ4n) is 3.53. The van der Waals surface area contributed by atoms with Crippen LogP contribution in [-0.2, 0) is 22.6 Å². The molecule has 0 bridgehead atoms. The van der Waals surface area contributed by atoms with Crippen LogP contribution in [0.4, 0.5) is 5.69 Å². The third-order valence-electron chi connectivity index (χ3n) is 5.23. The summed E-state index contributed by atoms with van der Waals surface area (Å²) in [6, 6.07) is 16.5. The van der Waals surface area contributed by atoms with E-state index in [1.54, 1.807) is 7.11 Å². The molecule has 1 aliphatic heterocycles. The second kappa shape index (κ2) is 15.9. The van der Waals surface area contributed by atoms with E-state index in [0.717, 1.165) is 63.2 Å². The number of rotatable bonds is 11. The maximum atomic E-state index is 5.81. The summed E-state index contributed by atoms with van der Waals surface area (Å²) in [6.07, 6.45) is 0.863. The molecule has 2 aromatic carbocycles. The molecule has 0 unspecified atom stereocenters. The van der Waals surface area contributed by atoms with E-state index in [-0.39, 0.29) is 24.0 Å². The Balaban J connectivity index is 0.00000385. The zero-order valence-corrected chi connectivity index (χ0v) is 22.0. The molecule has 1 saturated heterocycles. The Bertz CT molecular complexity index is 844. The first kappa shape index (κ1) is 27.4. The standard InChI is InChI=1S/C25H36N4O3.HI/c1-3-26-25(28-23-10-6-11-24(18-23)32-15-7-14-30-2)27-19-21-8-4-5-9-22(21)20-29-12-16-31-17-13-29;/h4-6,8-11,18H,3,7,12-17,19-20H2,1-2H3,(H2,26,27,28);1H. The molecule has 0 spiro atoms. The first-order chi connectivity index (χ1) is 15.8. The third kappa shape index (κ3) is 9.87. The molecule has 0 amide bonds. The van der Waals surface area contributed by atoms with Crippen molar-refractivity contribution < 1.29 is 14.2 Å². The highest BCUT2D eigenvalue weighted by Gasteiger charge is 2.12. The Morgan fingerprint density at radius 2 is 1.85 bits per heavy atom. The molecule has 3 rings (SSSR count). The molecule has 0 radical (unpaired) electrons. The van der Waals surface area contributed by atoms with Crippen LogP contribution in [0.1, 0.15) is 24.5 Å². The predicted molar refractivity (Wildman–Crippen MR) is 145 cm³/mol. The number of nitrogens with one attached hydrogen (secondary N) is 2. The molecule has 0 saturated carbocycles. The SMILES string of the molecule is CCNC(=NCc1ccccc1CN1CCOCC1)Nc1cccc(OCCCOC)c1.I. The summed E-state index contributed by atoms with van der Waals surface area (Å²) >= 11 is 0. The van der Waals surface area contributed by atoms with Gasteiger partial charge in [-0.25, -0.2) is 4.99 Å². The topological polar surface area (TPSA) is 67.4 Å². The maximum absolute atomic E-state index is 5.81. The lowest BCUT2D eigenvalue weighted by atomic mass is 10.1. The molecule has 8 heteroatoms. The Morgan fingerprint density at radius 3 is 2.61 bits per heavy atom. The number of halogens is 1. The molecule has 2 aromatic rings. The van der Waals surface area contributed by atoms with Crippen molar-refractivity contribution in [3.05, 3.63) is 59.7 Å². The maximum Gasteiger partial charge on any atom is 0.196 e. The van der Waals surface area contributed by atoms with Crippen molar-refractivity contribution in [3.8, 4) is 5.75 Å². The monoisotopic (exact) mass is 568 g/mol. The van der Waals surface area contributed by atoms with Gasteiger partial charge in [-0.1, -0.05) is 30.3 Å². The van der Waals surface area contributed by atoms with Crippen molar-refractivity contribution >= 4 is 35.6 Å². The number of aliphatic imine (C=N–C) groups is 1. The number of benzene rings is 2. The normalized spacial score (nSPS) is 14.4. The van der Waals surface area contributed by atoms with E-state index in [9.17, 15) is 0 Å². The van der Waals surface area contributed by atoms with Gasteiger partial charge in [0.2, 0.25) is 0 Å². The van der Waals surface area contributed by atoms with E-state index >= 15 is 0 Å². The lowest BCUT2D eigenvalue weighted by molar-refractivity contribution is 0.0341. The van der Waals surface area contributed by atoms with E-state index < -0.39 is 0 Å². The highest BCUT2D eigenvalue weighted by atomic mass is 127. The number of hydrogen-bond donors (Lipinski definition) is 2. The summed E-state index contributed by atoms with van der Waals surface area (Å²) in [6.45, 7) is 9.30. The number of guanidine groups is 1. The Labute approximate surface area is 214 Å². The van der Waals surface area contributed by atoms with Gasteiger partial charge in [0.15, 0.2) is 5.96 Å². The van der Waals surface area contributed by atoms with Crippen LogP contribution >= 0.6 is 24.0 Å². The van der Waals surface area contributed by atoms with E-state index in [2.05, 4.69) is 46.7 Å². The Morgan fingerprint density at radius 1 is 1.06 bits per heavy atom. The molecule has 0 atom stereocenters. The predicted octanol–water partition coefficient (Wildman–Crippen LogP) is 4.13. The molecule has 1 fully saturated rings. The summed E-state index contributed by atoms with van der Waals surface area (Å²) < 4.78 is 16.4. The second-order valence-electron chi connectivity index (χ2n) is 7.70. The molecular weight excluding hydrogens is 531 g/mol. The van der Waals surface area contributed by atoms with Crippen LogP contribution in [-0.4, -0.2) is 64.0 Å². The summed E-state index contributed by atoms with van der Waals surface area (Å²) in [5.74, 6) is 1.59. The smallest absolute Gasteiger partial charge is 0.196 e. The van der Waals surface area contributed by atoms with Gasteiger partial charge in [0.1, 0.15) is 5.75 Å². The van der Waals surface area contributed by atoms with Gasteiger partial charge in [0, 0.05) is 58.1 Å². The van der Waals surface area contributed by atoms with Crippen molar-refractivity contribution in [2.24, 2.45) is 4.99 Å². The van der Waals surface area contributed by atoms with Crippen LogP contribution in [0.3, 0.4) is 0 Å². The van der Waals surface area contributed by atoms with Crippen molar-refractivity contribution in [3.63, 3.8) is 0 Å². The zero-order valence-electron chi connectivity index (χ0n) is 19.7. The summed E-state index contributed by atoms with van der Waals surface area (Å²) in [5.41, 5.74) is 3.50. The molecule has 0 aliphatic carbocycles. The molecule has 0 aromatic heterocycles.